The molecule has 1 N–H and O–H groups in total. The van der Waals surface area contributed by atoms with E-state index in [9.17, 15) is 5.11 Å². The van der Waals surface area contributed by atoms with Gasteiger partial charge in [-0.05, 0) is 32.6 Å². The largest absolute Gasteiger partial charge is 0.478 e. The van der Waals surface area contributed by atoms with Gasteiger partial charge in [-0.3, -0.25) is 0 Å². The van der Waals surface area contributed by atoms with E-state index in [-0.39, 0.29) is 6.61 Å². The van der Waals surface area contributed by atoms with Crippen LogP contribution in [0, 0.1) is 5.92 Å². The number of anilines is 1. The lowest BCUT2D eigenvalue weighted by molar-refractivity contribution is 0.199. The van der Waals surface area contributed by atoms with Crippen LogP contribution in [0.1, 0.15) is 26.7 Å². The van der Waals surface area contributed by atoms with Gasteiger partial charge in [0, 0.05) is 25.3 Å². The SMILES string of the molecule is CCOc1cc(N2C[C@H](CO)CC[C@H]2C)ncn1. The lowest BCUT2D eigenvalue weighted by Crippen LogP contribution is -2.43. The number of aromatic nitrogens is 2. The van der Waals surface area contributed by atoms with Crippen molar-refractivity contribution in [1.82, 2.24) is 9.97 Å². The summed E-state index contributed by atoms with van der Waals surface area (Å²) in [7, 11) is 0. The first-order valence-electron chi connectivity index (χ1n) is 6.57. The van der Waals surface area contributed by atoms with Crippen molar-refractivity contribution < 1.29 is 9.84 Å². The first kappa shape index (κ1) is 13.1. The molecule has 2 heterocycles. The summed E-state index contributed by atoms with van der Waals surface area (Å²) in [4.78, 5) is 10.6. The molecule has 0 bridgehead atoms. The molecule has 1 aliphatic heterocycles. The number of aliphatic hydroxyl groups is 1. The van der Waals surface area contributed by atoms with E-state index >= 15 is 0 Å². The Morgan fingerprint density at radius 2 is 2.28 bits per heavy atom. The molecule has 2 rings (SSSR count). The normalized spacial score (nSPS) is 24.1. The second-order valence-electron chi connectivity index (χ2n) is 4.77. The molecule has 18 heavy (non-hydrogen) atoms. The van der Waals surface area contributed by atoms with Gasteiger partial charge >= 0.3 is 0 Å². The Hall–Kier alpha value is -1.36. The molecular weight excluding hydrogens is 230 g/mol. The third kappa shape index (κ3) is 2.90. The zero-order valence-electron chi connectivity index (χ0n) is 11.0. The number of hydrogen-bond donors (Lipinski definition) is 1. The summed E-state index contributed by atoms with van der Waals surface area (Å²) in [6, 6.07) is 2.32. The molecule has 1 aromatic heterocycles. The first-order valence-corrected chi connectivity index (χ1v) is 6.57. The van der Waals surface area contributed by atoms with E-state index in [1.54, 1.807) is 0 Å². The summed E-state index contributed by atoms with van der Waals surface area (Å²) in [5, 5.41) is 9.30. The van der Waals surface area contributed by atoms with E-state index in [1.165, 1.54) is 6.33 Å². The molecule has 0 aliphatic carbocycles. The molecule has 1 aliphatic rings. The van der Waals surface area contributed by atoms with Gasteiger partial charge in [-0.2, -0.15) is 0 Å². The lowest BCUT2D eigenvalue weighted by atomic mass is 9.94. The van der Waals surface area contributed by atoms with Gasteiger partial charge in [0.25, 0.3) is 0 Å². The number of nitrogens with zero attached hydrogens (tertiary/aromatic N) is 3. The molecule has 1 fully saturated rings. The predicted octanol–water partition coefficient (Wildman–Crippen LogP) is 1.47. The van der Waals surface area contributed by atoms with E-state index < -0.39 is 0 Å². The highest BCUT2D eigenvalue weighted by atomic mass is 16.5. The Kier molecular flexibility index (Phi) is 4.36. The average Bonchev–Trinajstić information content (AvgIpc) is 2.40. The second-order valence-corrected chi connectivity index (χ2v) is 4.77. The van der Waals surface area contributed by atoms with Gasteiger partial charge in [-0.1, -0.05) is 0 Å². The maximum Gasteiger partial charge on any atom is 0.218 e. The van der Waals surface area contributed by atoms with Crippen molar-refractivity contribution in [3.05, 3.63) is 12.4 Å². The summed E-state index contributed by atoms with van der Waals surface area (Å²) in [6.07, 6.45) is 3.70. The summed E-state index contributed by atoms with van der Waals surface area (Å²) in [5.41, 5.74) is 0. The van der Waals surface area contributed by atoms with Crippen molar-refractivity contribution in [2.24, 2.45) is 5.92 Å². The molecule has 0 aromatic carbocycles. The molecule has 0 amide bonds. The summed E-state index contributed by atoms with van der Waals surface area (Å²) < 4.78 is 5.40. The smallest absolute Gasteiger partial charge is 0.218 e. The van der Waals surface area contributed by atoms with Crippen LogP contribution in [0.15, 0.2) is 12.4 Å². The number of piperidine rings is 1. The van der Waals surface area contributed by atoms with E-state index in [0.717, 1.165) is 25.2 Å². The zero-order chi connectivity index (χ0) is 13.0. The standard InChI is InChI=1S/C13H21N3O2/c1-3-18-13-6-12(14-9-15-13)16-7-11(8-17)5-4-10(16)2/h6,9-11,17H,3-5,7-8H2,1-2H3/t10-,11-/m1/s1. The third-order valence-electron chi connectivity index (χ3n) is 3.45. The summed E-state index contributed by atoms with van der Waals surface area (Å²) in [6.45, 7) is 5.82. The minimum atomic E-state index is 0.243. The molecule has 0 saturated carbocycles. The van der Waals surface area contributed by atoms with Crippen molar-refractivity contribution >= 4 is 5.82 Å². The van der Waals surface area contributed by atoms with Gasteiger partial charge in [0.05, 0.1) is 6.61 Å². The van der Waals surface area contributed by atoms with Crippen molar-refractivity contribution in [3.63, 3.8) is 0 Å². The van der Waals surface area contributed by atoms with Crippen molar-refractivity contribution in [1.29, 1.82) is 0 Å². The van der Waals surface area contributed by atoms with Gasteiger partial charge in [0.15, 0.2) is 0 Å². The molecule has 1 saturated heterocycles. The van der Waals surface area contributed by atoms with Gasteiger partial charge in [-0.25, -0.2) is 9.97 Å². The molecule has 0 spiro atoms. The fourth-order valence-electron chi connectivity index (χ4n) is 2.36. The van der Waals surface area contributed by atoms with E-state index in [2.05, 4.69) is 21.8 Å². The molecule has 0 radical (unpaired) electrons. The quantitative estimate of drug-likeness (QED) is 0.878. The van der Waals surface area contributed by atoms with Crippen molar-refractivity contribution in [3.8, 4) is 5.88 Å². The summed E-state index contributed by atoms with van der Waals surface area (Å²) >= 11 is 0. The van der Waals surface area contributed by atoms with Crippen LogP contribution in [-0.2, 0) is 0 Å². The van der Waals surface area contributed by atoms with Gasteiger partial charge in [0.1, 0.15) is 12.1 Å². The van der Waals surface area contributed by atoms with Crippen LogP contribution in [0.25, 0.3) is 0 Å². The van der Waals surface area contributed by atoms with E-state index in [1.807, 2.05) is 13.0 Å². The van der Waals surface area contributed by atoms with Crippen LogP contribution in [0.4, 0.5) is 5.82 Å². The Bertz CT molecular complexity index is 386. The third-order valence-corrected chi connectivity index (χ3v) is 3.45. The Morgan fingerprint density at radius 1 is 1.44 bits per heavy atom. The zero-order valence-corrected chi connectivity index (χ0v) is 11.0. The minimum absolute atomic E-state index is 0.243. The minimum Gasteiger partial charge on any atom is -0.478 e. The maximum absolute atomic E-state index is 9.30. The number of aliphatic hydroxyl groups excluding tert-OH is 1. The number of rotatable bonds is 4. The molecule has 5 heteroatoms. The first-order chi connectivity index (χ1) is 8.74. The Labute approximate surface area is 108 Å². The maximum atomic E-state index is 9.30. The molecule has 100 valence electrons. The lowest BCUT2D eigenvalue weighted by Gasteiger charge is -2.38. The summed E-state index contributed by atoms with van der Waals surface area (Å²) in [5.74, 6) is 1.84. The highest BCUT2D eigenvalue weighted by Crippen LogP contribution is 2.27. The van der Waals surface area contributed by atoms with Gasteiger partial charge in [0.2, 0.25) is 5.88 Å². The van der Waals surface area contributed by atoms with Gasteiger partial charge in [-0.15, -0.1) is 0 Å². The van der Waals surface area contributed by atoms with E-state index in [4.69, 9.17) is 4.74 Å². The van der Waals surface area contributed by atoms with Crippen LogP contribution >= 0.6 is 0 Å². The monoisotopic (exact) mass is 251 g/mol. The van der Waals surface area contributed by atoms with Crippen molar-refractivity contribution in [2.75, 3.05) is 24.7 Å². The van der Waals surface area contributed by atoms with Crippen LogP contribution in [0.3, 0.4) is 0 Å². The van der Waals surface area contributed by atoms with Crippen LogP contribution in [0.5, 0.6) is 5.88 Å². The molecule has 0 unspecified atom stereocenters. The number of hydrogen-bond acceptors (Lipinski definition) is 5. The Morgan fingerprint density at radius 3 is 3.00 bits per heavy atom. The fraction of sp³-hybridized carbons (Fsp3) is 0.692. The Balaban J connectivity index is 2.15. The predicted molar refractivity (Wildman–Crippen MR) is 69.8 cm³/mol. The molecule has 1 aromatic rings. The van der Waals surface area contributed by atoms with Crippen LogP contribution in [-0.4, -0.2) is 40.9 Å². The van der Waals surface area contributed by atoms with Gasteiger partial charge < -0.3 is 14.7 Å². The van der Waals surface area contributed by atoms with Crippen LogP contribution in [0.2, 0.25) is 0 Å². The molecular formula is C13H21N3O2. The second kappa shape index (κ2) is 6.00. The number of ether oxygens (including phenoxy) is 1. The molecule has 2 atom stereocenters. The molecule has 5 nitrogen and oxygen atoms in total. The highest BCUT2D eigenvalue weighted by molar-refractivity contribution is 5.42. The van der Waals surface area contributed by atoms with Crippen molar-refractivity contribution in [2.45, 2.75) is 32.7 Å². The van der Waals surface area contributed by atoms with Crippen LogP contribution < -0.4 is 9.64 Å². The fourth-order valence-corrected chi connectivity index (χ4v) is 2.36. The topological polar surface area (TPSA) is 58.5 Å². The van der Waals surface area contributed by atoms with E-state index in [0.29, 0.717) is 24.4 Å². The highest BCUT2D eigenvalue weighted by Gasteiger charge is 2.26. The average molecular weight is 251 g/mol.